The fourth-order valence-electron chi connectivity index (χ4n) is 1.56. The lowest BCUT2D eigenvalue weighted by molar-refractivity contribution is -0.173. The van der Waals surface area contributed by atoms with E-state index in [2.05, 4.69) is 4.98 Å². The molecule has 0 aliphatic carbocycles. The number of amides is 1. The summed E-state index contributed by atoms with van der Waals surface area (Å²) < 4.78 is 36.7. The molecule has 0 aliphatic rings. The van der Waals surface area contributed by atoms with Gasteiger partial charge in [-0.3, -0.25) is 4.79 Å². The van der Waals surface area contributed by atoms with Gasteiger partial charge in [0.15, 0.2) is 5.13 Å². The fraction of sp³-hybridized carbons (Fsp3) is 0.273. The minimum absolute atomic E-state index is 0.0713. The predicted octanol–water partition coefficient (Wildman–Crippen LogP) is 2.10. The number of nitrogen functional groups attached to an aromatic ring is 1. The number of anilines is 1. The van der Waals surface area contributed by atoms with Crippen molar-refractivity contribution >= 4 is 32.6 Å². The molecular weight excluding hydrogens is 279 g/mol. The van der Waals surface area contributed by atoms with E-state index in [4.69, 9.17) is 5.73 Å². The van der Waals surface area contributed by atoms with Crippen molar-refractivity contribution in [1.29, 1.82) is 0 Å². The fourth-order valence-corrected chi connectivity index (χ4v) is 2.36. The number of alkyl halides is 3. The van der Waals surface area contributed by atoms with Gasteiger partial charge in [0.05, 0.1) is 10.2 Å². The van der Waals surface area contributed by atoms with Gasteiger partial charge in [-0.2, -0.15) is 13.2 Å². The van der Waals surface area contributed by atoms with Gasteiger partial charge in [-0.05, 0) is 24.1 Å². The van der Waals surface area contributed by atoms with Crippen LogP contribution in [-0.4, -0.2) is 23.6 Å². The highest BCUT2D eigenvalue weighted by atomic mass is 32.1. The molecule has 19 heavy (non-hydrogen) atoms. The number of halogens is 3. The Kier molecular flexibility index (Phi) is 3.61. The molecule has 0 spiro atoms. The Bertz CT molecular complexity index is 609. The first kappa shape index (κ1) is 13.6. The Hall–Kier alpha value is -1.83. The number of nitrogens with zero attached hydrogens (tertiary/aromatic N) is 1. The number of carbonyl (C=O) groups is 1. The molecule has 3 N–H and O–H groups in total. The van der Waals surface area contributed by atoms with E-state index in [1.165, 1.54) is 11.3 Å². The molecule has 0 atom stereocenters. The minimum atomic E-state index is -4.84. The summed E-state index contributed by atoms with van der Waals surface area (Å²) in [5, 5.41) is 2.27. The summed E-state index contributed by atoms with van der Waals surface area (Å²) in [7, 11) is 0. The number of aromatic nitrogens is 1. The molecule has 0 fully saturated rings. The van der Waals surface area contributed by atoms with Crippen LogP contribution < -0.4 is 11.1 Å². The molecule has 0 saturated carbocycles. The van der Waals surface area contributed by atoms with Gasteiger partial charge >= 0.3 is 12.1 Å². The van der Waals surface area contributed by atoms with Crippen LogP contribution >= 0.6 is 11.3 Å². The highest BCUT2D eigenvalue weighted by molar-refractivity contribution is 7.22. The van der Waals surface area contributed by atoms with E-state index in [9.17, 15) is 18.0 Å². The maximum Gasteiger partial charge on any atom is 0.471 e. The Morgan fingerprint density at radius 3 is 2.84 bits per heavy atom. The second-order valence-electron chi connectivity index (χ2n) is 3.86. The zero-order valence-electron chi connectivity index (χ0n) is 9.62. The van der Waals surface area contributed by atoms with Crippen molar-refractivity contribution in [2.24, 2.45) is 0 Å². The van der Waals surface area contributed by atoms with Crippen LogP contribution in [0.2, 0.25) is 0 Å². The molecule has 0 saturated heterocycles. The number of rotatable bonds is 3. The molecule has 1 aromatic heterocycles. The molecule has 8 heteroatoms. The minimum Gasteiger partial charge on any atom is -0.375 e. The standard InChI is InChI=1S/C11H10F3N3OS/c12-11(13,14)9(18)16-4-3-6-1-2-7-8(5-6)19-10(15)17-7/h1-2,5H,3-4H2,(H2,15,17)(H,16,18). The maximum atomic E-state index is 12.0. The second-order valence-corrected chi connectivity index (χ2v) is 4.92. The van der Waals surface area contributed by atoms with Gasteiger partial charge in [0.25, 0.3) is 0 Å². The topological polar surface area (TPSA) is 68.0 Å². The average molecular weight is 289 g/mol. The largest absolute Gasteiger partial charge is 0.471 e. The molecule has 0 aliphatic heterocycles. The lowest BCUT2D eigenvalue weighted by Crippen LogP contribution is -2.37. The van der Waals surface area contributed by atoms with Crippen LogP contribution in [0.3, 0.4) is 0 Å². The van der Waals surface area contributed by atoms with E-state index in [1.54, 1.807) is 12.1 Å². The van der Waals surface area contributed by atoms with Gasteiger partial charge in [0, 0.05) is 6.54 Å². The van der Waals surface area contributed by atoms with Crippen molar-refractivity contribution in [3.8, 4) is 0 Å². The van der Waals surface area contributed by atoms with E-state index in [0.29, 0.717) is 11.6 Å². The molecule has 1 aromatic carbocycles. The lowest BCUT2D eigenvalue weighted by atomic mass is 10.1. The van der Waals surface area contributed by atoms with Gasteiger partial charge in [0.1, 0.15) is 0 Å². The monoisotopic (exact) mass is 289 g/mol. The van der Waals surface area contributed by atoms with E-state index in [1.807, 2.05) is 11.4 Å². The molecular formula is C11H10F3N3OS. The number of nitrogens with one attached hydrogen (secondary N) is 1. The smallest absolute Gasteiger partial charge is 0.375 e. The zero-order chi connectivity index (χ0) is 14.0. The summed E-state index contributed by atoms with van der Waals surface area (Å²) in [6.07, 6.45) is -4.52. The summed E-state index contributed by atoms with van der Waals surface area (Å²) >= 11 is 1.31. The van der Waals surface area contributed by atoms with Crippen LogP contribution in [0.25, 0.3) is 10.2 Å². The Morgan fingerprint density at radius 1 is 1.42 bits per heavy atom. The molecule has 0 radical (unpaired) electrons. The van der Waals surface area contributed by atoms with Crippen molar-refractivity contribution in [1.82, 2.24) is 10.3 Å². The molecule has 0 bridgehead atoms. The summed E-state index contributed by atoms with van der Waals surface area (Å²) in [5.41, 5.74) is 7.13. The molecule has 2 rings (SSSR count). The van der Waals surface area contributed by atoms with Crippen molar-refractivity contribution < 1.29 is 18.0 Å². The third kappa shape index (κ3) is 3.34. The molecule has 2 aromatic rings. The van der Waals surface area contributed by atoms with Crippen LogP contribution in [0.15, 0.2) is 18.2 Å². The van der Waals surface area contributed by atoms with Gasteiger partial charge in [0.2, 0.25) is 0 Å². The van der Waals surface area contributed by atoms with Crippen LogP contribution in [-0.2, 0) is 11.2 Å². The third-order valence-corrected chi connectivity index (χ3v) is 3.27. The molecule has 1 heterocycles. The highest BCUT2D eigenvalue weighted by Gasteiger charge is 2.38. The molecule has 0 unspecified atom stereocenters. The number of hydrogen-bond acceptors (Lipinski definition) is 4. The number of thiazole rings is 1. The number of carbonyl (C=O) groups excluding carboxylic acids is 1. The molecule has 1 amide bonds. The first-order valence-corrected chi connectivity index (χ1v) is 6.18. The lowest BCUT2D eigenvalue weighted by Gasteiger charge is -2.07. The first-order chi connectivity index (χ1) is 8.86. The summed E-state index contributed by atoms with van der Waals surface area (Å²) in [6.45, 7) is -0.0713. The second kappa shape index (κ2) is 5.04. The number of fused-ring (bicyclic) bond motifs is 1. The number of benzene rings is 1. The Balaban J connectivity index is 1.96. The average Bonchev–Trinajstić information content (AvgIpc) is 2.67. The zero-order valence-corrected chi connectivity index (χ0v) is 10.4. The van der Waals surface area contributed by atoms with Gasteiger partial charge < -0.3 is 11.1 Å². The predicted molar refractivity (Wildman–Crippen MR) is 66.8 cm³/mol. The van der Waals surface area contributed by atoms with E-state index in [-0.39, 0.29) is 6.54 Å². The number of hydrogen-bond donors (Lipinski definition) is 2. The highest BCUT2D eigenvalue weighted by Crippen LogP contribution is 2.24. The van der Waals surface area contributed by atoms with Crippen molar-refractivity contribution in [3.05, 3.63) is 23.8 Å². The van der Waals surface area contributed by atoms with Crippen LogP contribution in [0.4, 0.5) is 18.3 Å². The normalized spacial score (nSPS) is 11.7. The molecule has 4 nitrogen and oxygen atoms in total. The summed E-state index contributed by atoms with van der Waals surface area (Å²) in [5.74, 6) is -1.92. The van der Waals surface area contributed by atoms with Crippen molar-refractivity contribution in [2.45, 2.75) is 12.6 Å². The van der Waals surface area contributed by atoms with Crippen LogP contribution in [0, 0.1) is 0 Å². The maximum absolute atomic E-state index is 12.0. The molecule has 102 valence electrons. The third-order valence-electron chi connectivity index (χ3n) is 2.43. The summed E-state index contributed by atoms with van der Waals surface area (Å²) in [4.78, 5) is 14.7. The van der Waals surface area contributed by atoms with Crippen molar-refractivity contribution in [2.75, 3.05) is 12.3 Å². The quantitative estimate of drug-likeness (QED) is 0.909. The van der Waals surface area contributed by atoms with Crippen LogP contribution in [0.5, 0.6) is 0 Å². The first-order valence-electron chi connectivity index (χ1n) is 5.36. The van der Waals surface area contributed by atoms with Crippen LogP contribution in [0.1, 0.15) is 5.56 Å². The number of nitrogens with two attached hydrogens (primary N) is 1. The Labute approximate surface area is 110 Å². The Morgan fingerprint density at radius 2 is 2.16 bits per heavy atom. The van der Waals surface area contributed by atoms with E-state index >= 15 is 0 Å². The van der Waals surface area contributed by atoms with E-state index in [0.717, 1.165) is 15.8 Å². The van der Waals surface area contributed by atoms with Gasteiger partial charge in [-0.25, -0.2) is 4.98 Å². The van der Waals surface area contributed by atoms with Crippen molar-refractivity contribution in [3.63, 3.8) is 0 Å². The summed E-state index contributed by atoms with van der Waals surface area (Å²) in [6, 6.07) is 5.31. The van der Waals surface area contributed by atoms with E-state index < -0.39 is 12.1 Å². The SMILES string of the molecule is Nc1nc2ccc(CCNC(=O)C(F)(F)F)cc2s1. The van der Waals surface area contributed by atoms with Gasteiger partial charge in [-0.1, -0.05) is 17.4 Å². The van der Waals surface area contributed by atoms with Gasteiger partial charge in [-0.15, -0.1) is 0 Å².